The van der Waals surface area contributed by atoms with Gasteiger partial charge in [-0.05, 0) is 30.4 Å². The molecule has 152 valence electrons. The quantitative estimate of drug-likeness (QED) is 0.606. The molecule has 0 amide bonds. The molecule has 0 unspecified atom stereocenters. The monoisotopic (exact) mass is 387 g/mol. The summed E-state index contributed by atoms with van der Waals surface area (Å²) >= 11 is 0. The summed E-state index contributed by atoms with van der Waals surface area (Å²) in [5.74, 6) is -0.550. The maximum absolute atomic E-state index is 12.9. The lowest BCUT2D eigenvalue weighted by molar-refractivity contribution is -0.154. The third kappa shape index (κ3) is 6.22. The van der Waals surface area contributed by atoms with Gasteiger partial charge in [0.2, 0.25) is 0 Å². The first-order valence-electron chi connectivity index (χ1n) is 9.68. The zero-order valence-electron chi connectivity index (χ0n) is 16.8. The number of ether oxygens (including phenoxy) is 2. The van der Waals surface area contributed by atoms with Crippen LogP contribution in [0.3, 0.4) is 0 Å². The van der Waals surface area contributed by atoms with Crippen LogP contribution in [0, 0.1) is 5.92 Å². The van der Waals surface area contributed by atoms with Gasteiger partial charge in [0.25, 0.3) is 0 Å². The number of carbonyl (C=O) groups excluding carboxylic acids is 3. The van der Waals surface area contributed by atoms with Crippen LogP contribution in [0.1, 0.15) is 45.1 Å². The number of carbonyl (C=O) groups is 3. The molecule has 0 radical (unpaired) electrons. The van der Waals surface area contributed by atoms with E-state index in [4.69, 9.17) is 4.74 Å². The average molecular weight is 387 g/mol. The third-order valence-electron chi connectivity index (χ3n) is 4.86. The van der Waals surface area contributed by atoms with Crippen molar-refractivity contribution in [2.75, 3.05) is 7.11 Å². The second kappa shape index (κ2) is 10.6. The van der Waals surface area contributed by atoms with Gasteiger partial charge in [-0.1, -0.05) is 44.2 Å². The first kappa shape index (κ1) is 21.7. The summed E-state index contributed by atoms with van der Waals surface area (Å²) in [4.78, 5) is 38.1. The van der Waals surface area contributed by atoms with E-state index >= 15 is 0 Å². The van der Waals surface area contributed by atoms with Crippen molar-refractivity contribution in [2.45, 2.75) is 58.2 Å². The lowest BCUT2D eigenvalue weighted by atomic mass is 9.93. The number of allylic oxidation sites excluding steroid dienone is 1. The van der Waals surface area contributed by atoms with Crippen molar-refractivity contribution in [1.82, 2.24) is 4.90 Å². The van der Waals surface area contributed by atoms with Crippen molar-refractivity contribution < 1.29 is 23.9 Å². The Hall–Kier alpha value is -2.63. The normalized spacial score (nSPS) is 17.5. The zero-order chi connectivity index (χ0) is 20.5. The van der Waals surface area contributed by atoms with E-state index in [1.165, 1.54) is 13.2 Å². The second-order valence-corrected chi connectivity index (χ2v) is 7.34. The molecule has 2 rings (SSSR count). The van der Waals surface area contributed by atoms with Gasteiger partial charge >= 0.3 is 11.9 Å². The van der Waals surface area contributed by atoms with Gasteiger partial charge in [0.05, 0.1) is 7.11 Å². The fraction of sp³-hybridized carbons (Fsp3) is 0.500. The summed E-state index contributed by atoms with van der Waals surface area (Å²) in [7, 11) is 1.36. The Balaban J connectivity index is 2.06. The van der Waals surface area contributed by atoms with Crippen molar-refractivity contribution in [2.24, 2.45) is 5.92 Å². The number of hydrogen-bond donors (Lipinski definition) is 0. The van der Waals surface area contributed by atoms with Crippen molar-refractivity contribution in [3.63, 3.8) is 0 Å². The first-order valence-corrected chi connectivity index (χ1v) is 9.68. The molecule has 1 aromatic rings. The van der Waals surface area contributed by atoms with Gasteiger partial charge in [-0.15, -0.1) is 0 Å². The van der Waals surface area contributed by atoms with Crippen LogP contribution in [0.15, 0.2) is 42.6 Å². The average Bonchev–Trinajstić information content (AvgIpc) is 2.68. The molecule has 0 saturated heterocycles. The van der Waals surface area contributed by atoms with Crippen LogP contribution < -0.4 is 0 Å². The molecule has 0 aromatic heterocycles. The van der Waals surface area contributed by atoms with Gasteiger partial charge in [-0.2, -0.15) is 0 Å². The van der Waals surface area contributed by atoms with E-state index in [0.29, 0.717) is 25.7 Å². The standard InChI is InChI=1S/C22H29NO5/c1-16(2)21(22(26)28-15-17-8-5-4-6-9-17)23-13-12-19(24)14-18(23)10-7-11-20(25)27-3/h4-6,8-9,12-13,16,18,21H,7,10-11,14-15H2,1-3H3/t18-,21-/m0/s1. The number of benzene rings is 1. The molecule has 0 saturated carbocycles. The fourth-order valence-electron chi connectivity index (χ4n) is 3.40. The summed E-state index contributed by atoms with van der Waals surface area (Å²) < 4.78 is 10.2. The lowest BCUT2D eigenvalue weighted by Crippen LogP contribution is -2.49. The van der Waals surface area contributed by atoms with Crippen LogP contribution in [0.5, 0.6) is 0 Å². The predicted octanol–water partition coefficient (Wildman–Crippen LogP) is 3.25. The van der Waals surface area contributed by atoms with Crippen molar-refractivity contribution >= 4 is 17.7 Å². The summed E-state index contributed by atoms with van der Waals surface area (Å²) in [6, 6.07) is 8.91. The summed E-state index contributed by atoms with van der Waals surface area (Å²) in [6.45, 7) is 4.14. The van der Waals surface area contributed by atoms with Gasteiger partial charge in [0.1, 0.15) is 12.6 Å². The van der Waals surface area contributed by atoms with Gasteiger partial charge in [-0.3, -0.25) is 9.59 Å². The zero-order valence-corrected chi connectivity index (χ0v) is 16.8. The summed E-state index contributed by atoms with van der Waals surface area (Å²) in [5, 5.41) is 0. The summed E-state index contributed by atoms with van der Waals surface area (Å²) in [5.41, 5.74) is 0.928. The maximum atomic E-state index is 12.9. The van der Waals surface area contributed by atoms with Crippen LogP contribution >= 0.6 is 0 Å². The molecule has 0 N–H and O–H groups in total. The molecule has 28 heavy (non-hydrogen) atoms. The SMILES string of the molecule is COC(=O)CCC[C@H]1CC(=O)C=CN1[C@H](C(=O)OCc1ccccc1)C(C)C. The number of hydrogen-bond acceptors (Lipinski definition) is 6. The predicted molar refractivity (Wildman–Crippen MR) is 105 cm³/mol. The van der Waals surface area contributed by atoms with Crippen molar-refractivity contribution in [3.05, 3.63) is 48.2 Å². The van der Waals surface area contributed by atoms with E-state index in [2.05, 4.69) is 4.74 Å². The highest BCUT2D eigenvalue weighted by molar-refractivity contribution is 5.91. The van der Waals surface area contributed by atoms with Crippen LogP contribution in [0.25, 0.3) is 0 Å². The van der Waals surface area contributed by atoms with E-state index in [1.807, 2.05) is 49.1 Å². The molecule has 1 aliphatic rings. The molecular formula is C22H29NO5. The molecule has 1 aromatic carbocycles. The van der Waals surface area contributed by atoms with E-state index < -0.39 is 6.04 Å². The van der Waals surface area contributed by atoms with E-state index in [0.717, 1.165) is 5.56 Å². The van der Waals surface area contributed by atoms with Crippen molar-refractivity contribution in [3.8, 4) is 0 Å². The Morgan fingerprint density at radius 2 is 1.93 bits per heavy atom. The number of ketones is 1. The molecule has 6 nitrogen and oxygen atoms in total. The highest BCUT2D eigenvalue weighted by Crippen LogP contribution is 2.25. The van der Waals surface area contributed by atoms with Gasteiger partial charge < -0.3 is 14.4 Å². The van der Waals surface area contributed by atoms with E-state index in [1.54, 1.807) is 6.20 Å². The minimum absolute atomic E-state index is 0.00392. The Morgan fingerprint density at radius 1 is 1.21 bits per heavy atom. The molecule has 0 bridgehead atoms. The Labute approximate surface area is 166 Å². The summed E-state index contributed by atoms with van der Waals surface area (Å²) in [6.07, 6.45) is 5.05. The molecule has 1 heterocycles. The molecule has 1 aliphatic heterocycles. The Morgan fingerprint density at radius 3 is 2.57 bits per heavy atom. The third-order valence-corrected chi connectivity index (χ3v) is 4.86. The molecule has 0 spiro atoms. The van der Waals surface area contributed by atoms with Gasteiger partial charge in [-0.25, -0.2) is 4.79 Å². The van der Waals surface area contributed by atoms with Crippen LogP contribution in [-0.4, -0.2) is 41.8 Å². The highest BCUT2D eigenvalue weighted by Gasteiger charge is 2.35. The smallest absolute Gasteiger partial charge is 0.329 e. The molecule has 0 aliphatic carbocycles. The Bertz CT molecular complexity index is 698. The Kier molecular flexibility index (Phi) is 8.23. The second-order valence-electron chi connectivity index (χ2n) is 7.34. The first-order chi connectivity index (χ1) is 13.4. The van der Waals surface area contributed by atoms with Crippen LogP contribution in [-0.2, 0) is 30.5 Å². The number of nitrogens with zero attached hydrogens (tertiary/aromatic N) is 1. The fourth-order valence-corrected chi connectivity index (χ4v) is 3.40. The van der Waals surface area contributed by atoms with E-state index in [-0.39, 0.29) is 36.3 Å². The lowest BCUT2D eigenvalue weighted by Gasteiger charge is -2.39. The number of rotatable bonds is 9. The largest absolute Gasteiger partial charge is 0.469 e. The number of esters is 2. The number of methoxy groups -OCH3 is 1. The minimum Gasteiger partial charge on any atom is -0.469 e. The molecule has 0 fully saturated rings. The molecule has 6 heteroatoms. The van der Waals surface area contributed by atoms with Gasteiger partial charge in [0.15, 0.2) is 5.78 Å². The van der Waals surface area contributed by atoms with Crippen molar-refractivity contribution in [1.29, 1.82) is 0 Å². The van der Waals surface area contributed by atoms with Gasteiger partial charge in [0, 0.05) is 25.1 Å². The molecular weight excluding hydrogens is 358 g/mol. The maximum Gasteiger partial charge on any atom is 0.329 e. The van der Waals surface area contributed by atoms with Crippen LogP contribution in [0.2, 0.25) is 0 Å². The minimum atomic E-state index is -0.490. The highest BCUT2D eigenvalue weighted by atomic mass is 16.5. The van der Waals surface area contributed by atoms with Crippen LogP contribution in [0.4, 0.5) is 0 Å². The van der Waals surface area contributed by atoms with E-state index in [9.17, 15) is 14.4 Å². The topological polar surface area (TPSA) is 72.9 Å². The molecule has 2 atom stereocenters.